The number of carboxylic acid groups (broad SMARTS) is 1. The quantitative estimate of drug-likeness (QED) is 0.280. The Morgan fingerprint density at radius 1 is 1.06 bits per heavy atom. The van der Waals surface area contributed by atoms with Gasteiger partial charge in [-0.3, -0.25) is 4.98 Å². The summed E-state index contributed by atoms with van der Waals surface area (Å²) in [5.74, 6) is -0.654. The maximum atomic E-state index is 14.5. The van der Waals surface area contributed by atoms with Crippen LogP contribution in [0.15, 0.2) is 67.0 Å². The van der Waals surface area contributed by atoms with E-state index in [2.05, 4.69) is 15.8 Å². The molecule has 1 unspecified atom stereocenters. The van der Waals surface area contributed by atoms with Crippen molar-refractivity contribution < 1.29 is 14.3 Å². The van der Waals surface area contributed by atoms with Gasteiger partial charge >= 0.3 is 5.97 Å². The molecule has 3 aromatic rings. The van der Waals surface area contributed by atoms with Crippen molar-refractivity contribution in [2.45, 2.75) is 25.6 Å². The van der Waals surface area contributed by atoms with E-state index >= 15 is 0 Å². The molecule has 7 heteroatoms. The average Bonchev–Trinajstić information content (AvgIpc) is 3.17. The average molecular weight is 476 g/mol. The standard InChI is InChI=1S/C27H23ClFN3O2/c28-21-12-20(14-30-15-21)26(17-2-1-3-17)25(18-7-4-16(5-8-18)6-11-24(33)34)19-9-10-23-22(13-19)27(29)32-31-23/h4-15,17,27,31-32H,1-3H2,(H,33,34)/b11-6+,26-25+. The second kappa shape index (κ2) is 9.41. The van der Waals surface area contributed by atoms with Crippen molar-refractivity contribution in [1.82, 2.24) is 10.4 Å². The minimum Gasteiger partial charge on any atom is -0.478 e. The van der Waals surface area contributed by atoms with Gasteiger partial charge in [0, 0.05) is 24.0 Å². The van der Waals surface area contributed by atoms with Crippen molar-refractivity contribution in [2.24, 2.45) is 5.92 Å². The topological polar surface area (TPSA) is 74.2 Å². The lowest BCUT2D eigenvalue weighted by molar-refractivity contribution is -0.131. The first-order valence-corrected chi connectivity index (χ1v) is 11.5. The fourth-order valence-corrected chi connectivity index (χ4v) is 4.68. The Bertz CT molecular complexity index is 1300. The molecule has 172 valence electrons. The van der Waals surface area contributed by atoms with Crippen LogP contribution < -0.4 is 10.9 Å². The fraction of sp³-hybridized carbons (Fsp3) is 0.185. The van der Waals surface area contributed by atoms with Gasteiger partial charge in [0.2, 0.25) is 0 Å². The summed E-state index contributed by atoms with van der Waals surface area (Å²) in [6.07, 6.45) is 8.10. The summed E-state index contributed by atoms with van der Waals surface area (Å²) in [6.45, 7) is 0. The van der Waals surface area contributed by atoms with E-state index in [9.17, 15) is 9.18 Å². The van der Waals surface area contributed by atoms with Crippen LogP contribution in [0.1, 0.15) is 53.4 Å². The number of fused-ring (bicyclic) bond motifs is 1. The van der Waals surface area contributed by atoms with Gasteiger partial charge in [0.15, 0.2) is 6.30 Å². The number of anilines is 1. The molecule has 2 aromatic carbocycles. The molecule has 1 saturated carbocycles. The molecule has 0 radical (unpaired) electrons. The maximum Gasteiger partial charge on any atom is 0.328 e. The van der Waals surface area contributed by atoms with Crippen LogP contribution in [0.3, 0.4) is 0 Å². The highest BCUT2D eigenvalue weighted by atomic mass is 35.5. The van der Waals surface area contributed by atoms with E-state index in [1.165, 1.54) is 0 Å². The minimum absolute atomic E-state index is 0.340. The van der Waals surface area contributed by atoms with Crippen LogP contribution in [-0.2, 0) is 4.79 Å². The number of carbonyl (C=O) groups is 1. The van der Waals surface area contributed by atoms with Crippen LogP contribution in [-0.4, -0.2) is 16.1 Å². The first-order valence-electron chi connectivity index (χ1n) is 11.2. The number of hydrogen-bond donors (Lipinski definition) is 3. The molecule has 5 rings (SSSR count). The van der Waals surface area contributed by atoms with E-state index in [0.717, 1.165) is 64.4 Å². The van der Waals surface area contributed by atoms with E-state index in [1.807, 2.05) is 54.7 Å². The molecule has 0 bridgehead atoms. The lowest BCUT2D eigenvalue weighted by Crippen LogP contribution is -2.15. The first-order chi connectivity index (χ1) is 16.5. The largest absolute Gasteiger partial charge is 0.478 e. The normalized spacial score (nSPS) is 18.2. The van der Waals surface area contributed by atoms with Gasteiger partial charge in [0.1, 0.15) is 0 Å². The number of hydrogen-bond acceptors (Lipinski definition) is 4. The highest BCUT2D eigenvalue weighted by Gasteiger charge is 2.29. The van der Waals surface area contributed by atoms with Crippen molar-refractivity contribution in [2.75, 3.05) is 5.43 Å². The summed E-state index contributed by atoms with van der Waals surface area (Å²) in [6, 6.07) is 15.4. The van der Waals surface area contributed by atoms with E-state index < -0.39 is 12.3 Å². The van der Waals surface area contributed by atoms with Crippen LogP contribution in [0.5, 0.6) is 0 Å². The van der Waals surface area contributed by atoms with Gasteiger partial charge in [0.25, 0.3) is 0 Å². The summed E-state index contributed by atoms with van der Waals surface area (Å²) in [5, 5.41) is 9.49. The van der Waals surface area contributed by atoms with Gasteiger partial charge in [-0.2, -0.15) is 0 Å². The molecule has 2 heterocycles. The molecule has 2 aliphatic rings. The number of rotatable bonds is 6. The molecule has 1 aliphatic heterocycles. The number of nitrogens with one attached hydrogen (secondary N) is 2. The van der Waals surface area contributed by atoms with Crippen LogP contribution in [0.25, 0.3) is 17.2 Å². The molecule has 1 aliphatic carbocycles. The van der Waals surface area contributed by atoms with Gasteiger partial charge in [-0.1, -0.05) is 48.4 Å². The van der Waals surface area contributed by atoms with Gasteiger partial charge in [0.05, 0.1) is 10.7 Å². The Kier molecular flexibility index (Phi) is 6.18. The van der Waals surface area contributed by atoms with Gasteiger partial charge in [-0.25, -0.2) is 14.6 Å². The third kappa shape index (κ3) is 4.47. The number of pyridine rings is 1. The molecule has 1 aromatic heterocycles. The predicted molar refractivity (Wildman–Crippen MR) is 133 cm³/mol. The summed E-state index contributed by atoms with van der Waals surface area (Å²) in [5.41, 5.74) is 12.5. The van der Waals surface area contributed by atoms with Crippen molar-refractivity contribution >= 4 is 40.5 Å². The summed E-state index contributed by atoms with van der Waals surface area (Å²) < 4.78 is 14.5. The third-order valence-electron chi connectivity index (χ3n) is 6.36. The molecule has 34 heavy (non-hydrogen) atoms. The summed E-state index contributed by atoms with van der Waals surface area (Å²) >= 11 is 6.32. The molecule has 1 fully saturated rings. The third-order valence-corrected chi connectivity index (χ3v) is 6.57. The number of hydrazine groups is 1. The Morgan fingerprint density at radius 3 is 2.50 bits per heavy atom. The number of allylic oxidation sites excluding steroid dienone is 1. The zero-order valence-corrected chi connectivity index (χ0v) is 19.0. The van der Waals surface area contributed by atoms with E-state index in [4.69, 9.17) is 16.7 Å². The molecule has 0 saturated heterocycles. The van der Waals surface area contributed by atoms with E-state index in [1.54, 1.807) is 12.3 Å². The smallest absolute Gasteiger partial charge is 0.328 e. The van der Waals surface area contributed by atoms with Crippen LogP contribution >= 0.6 is 11.6 Å². The number of alkyl halides is 1. The second-order valence-electron chi connectivity index (χ2n) is 8.54. The van der Waals surface area contributed by atoms with E-state index in [-0.39, 0.29) is 0 Å². The monoisotopic (exact) mass is 475 g/mol. The molecular weight excluding hydrogens is 453 g/mol. The zero-order chi connectivity index (χ0) is 23.7. The van der Waals surface area contributed by atoms with Gasteiger partial charge in [-0.15, -0.1) is 0 Å². The van der Waals surface area contributed by atoms with Crippen molar-refractivity contribution in [3.8, 4) is 0 Å². The highest BCUT2D eigenvalue weighted by Crippen LogP contribution is 2.46. The van der Waals surface area contributed by atoms with Crippen molar-refractivity contribution in [3.63, 3.8) is 0 Å². The number of halogens is 2. The number of benzene rings is 2. The predicted octanol–water partition coefficient (Wildman–Crippen LogP) is 6.49. The van der Waals surface area contributed by atoms with Crippen LogP contribution in [0, 0.1) is 5.92 Å². The Hall–Kier alpha value is -3.48. The highest BCUT2D eigenvalue weighted by molar-refractivity contribution is 6.30. The Labute approximate surface area is 202 Å². The molecule has 0 amide bonds. The lowest BCUT2D eigenvalue weighted by atomic mass is 9.73. The van der Waals surface area contributed by atoms with Gasteiger partial charge < -0.3 is 10.5 Å². The number of aliphatic carboxylic acids is 1. The molecule has 0 spiro atoms. The fourth-order valence-electron chi connectivity index (χ4n) is 4.51. The van der Waals surface area contributed by atoms with Crippen LogP contribution in [0.4, 0.5) is 10.1 Å². The Balaban J connectivity index is 1.71. The molecule has 1 atom stereocenters. The summed E-state index contributed by atoms with van der Waals surface area (Å²) in [4.78, 5) is 15.2. The number of carboxylic acids is 1. The van der Waals surface area contributed by atoms with Crippen LogP contribution in [0.2, 0.25) is 5.02 Å². The molecule has 5 nitrogen and oxygen atoms in total. The zero-order valence-electron chi connectivity index (χ0n) is 18.3. The SMILES string of the molecule is O=C(O)/C=C/c1ccc(/C(=C(\c2cncc(Cl)c2)C2CCC2)c2ccc3c(c2)C(F)NN3)cc1. The Morgan fingerprint density at radius 2 is 1.82 bits per heavy atom. The maximum absolute atomic E-state index is 14.5. The number of nitrogens with zero attached hydrogens (tertiary/aromatic N) is 1. The lowest BCUT2D eigenvalue weighted by Gasteiger charge is -2.31. The van der Waals surface area contributed by atoms with E-state index in [0.29, 0.717) is 16.5 Å². The van der Waals surface area contributed by atoms with Crippen molar-refractivity contribution in [3.05, 3.63) is 99.8 Å². The van der Waals surface area contributed by atoms with Gasteiger partial charge in [-0.05, 0) is 76.4 Å². The first kappa shape index (κ1) is 22.3. The molecule has 3 N–H and O–H groups in total. The molecular formula is C27H23ClFN3O2. The minimum atomic E-state index is -1.29. The summed E-state index contributed by atoms with van der Waals surface area (Å²) in [7, 11) is 0. The number of aromatic nitrogens is 1. The second-order valence-corrected chi connectivity index (χ2v) is 8.97. The van der Waals surface area contributed by atoms with Crippen molar-refractivity contribution in [1.29, 1.82) is 0 Å².